The summed E-state index contributed by atoms with van der Waals surface area (Å²) in [5, 5.41) is 10.7. The highest BCUT2D eigenvalue weighted by molar-refractivity contribution is 5.44. The van der Waals surface area contributed by atoms with Crippen LogP contribution < -0.4 is 18.9 Å². The molecule has 0 spiro atoms. The smallest absolute Gasteiger partial charge is 0.231 e. The second-order valence-corrected chi connectivity index (χ2v) is 7.94. The van der Waals surface area contributed by atoms with E-state index in [0.717, 1.165) is 39.7 Å². The van der Waals surface area contributed by atoms with E-state index in [-0.39, 0.29) is 13.4 Å². The molecule has 0 aliphatic carbocycles. The molecule has 0 fully saturated rings. The van der Waals surface area contributed by atoms with Gasteiger partial charge in [-0.1, -0.05) is 36.4 Å². The van der Waals surface area contributed by atoms with Gasteiger partial charge in [0.15, 0.2) is 11.5 Å². The zero-order chi connectivity index (χ0) is 22.3. The number of para-hydroxylation sites is 1. The molecule has 0 aromatic heterocycles. The predicted octanol–water partition coefficient (Wildman–Crippen LogP) is 4.17. The highest BCUT2D eigenvalue weighted by atomic mass is 16.7. The Bertz CT molecular complexity index is 1040. The van der Waals surface area contributed by atoms with Crippen molar-refractivity contribution in [2.75, 3.05) is 27.1 Å². The second kappa shape index (κ2) is 10.4. The summed E-state index contributed by atoms with van der Waals surface area (Å²) in [5.41, 5.74) is 3.24. The summed E-state index contributed by atoms with van der Waals surface area (Å²) in [6.45, 7) is 4.23. The molecular formula is C26H29NO5. The van der Waals surface area contributed by atoms with Gasteiger partial charge in [0, 0.05) is 19.6 Å². The molecule has 0 radical (unpaired) electrons. The maximum absolute atomic E-state index is 10.7. The van der Waals surface area contributed by atoms with Crippen LogP contribution in [-0.4, -0.2) is 43.2 Å². The van der Waals surface area contributed by atoms with E-state index in [9.17, 15) is 5.11 Å². The maximum atomic E-state index is 10.7. The molecule has 168 valence electrons. The van der Waals surface area contributed by atoms with Crippen molar-refractivity contribution in [1.82, 2.24) is 4.90 Å². The Labute approximate surface area is 188 Å². The number of fused-ring (bicyclic) bond motifs is 1. The zero-order valence-electron chi connectivity index (χ0n) is 18.5. The lowest BCUT2D eigenvalue weighted by atomic mass is 10.1. The molecule has 1 atom stereocenters. The number of benzene rings is 3. The molecule has 0 saturated carbocycles. The van der Waals surface area contributed by atoms with Crippen molar-refractivity contribution in [3.05, 3.63) is 83.4 Å². The topological polar surface area (TPSA) is 60.4 Å². The van der Waals surface area contributed by atoms with Gasteiger partial charge in [0.2, 0.25) is 6.79 Å². The molecule has 6 nitrogen and oxygen atoms in total. The minimum Gasteiger partial charge on any atom is -0.497 e. The zero-order valence-corrected chi connectivity index (χ0v) is 18.5. The molecule has 1 N–H and O–H groups in total. The third kappa shape index (κ3) is 5.72. The van der Waals surface area contributed by atoms with Crippen LogP contribution in [0.25, 0.3) is 0 Å². The van der Waals surface area contributed by atoms with E-state index in [0.29, 0.717) is 19.6 Å². The Morgan fingerprint density at radius 2 is 1.72 bits per heavy atom. The van der Waals surface area contributed by atoms with Gasteiger partial charge in [0.1, 0.15) is 24.2 Å². The molecule has 0 bridgehead atoms. The van der Waals surface area contributed by atoms with Gasteiger partial charge in [-0.3, -0.25) is 4.90 Å². The van der Waals surface area contributed by atoms with E-state index in [1.807, 2.05) is 67.6 Å². The van der Waals surface area contributed by atoms with Gasteiger partial charge in [-0.25, -0.2) is 0 Å². The van der Waals surface area contributed by atoms with Crippen molar-refractivity contribution < 1.29 is 24.1 Å². The Morgan fingerprint density at radius 3 is 2.53 bits per heavy atom. The highest BCUT2D eigenvalue weighted by Gasteiger charge is 2.18. The third-order valence-corrected chi connectivity index (χ3v) is 5.38. The highest BCUT2D eigenvalue weighted by Crippen LogP contribution is 2.33. The monoisotopic (exact) mass is 435 g/mol. The van der Waals surface area contributed by atoms with Crippen LogP contribution in [0.2, 0.25) is 0 Å². The van der Waals surface area contributed by atoms with Gasteiger partial charge < -0.3 is 24.1 Å². The van der Waals surface area contributed by atoms with Gasteiger partial charge in [0.05, 0.1) is 7.11 Å². The molecular weight excluding hydrogens is 406 g/mol. The van der Waals surface area contributed by atoms with E-state index in [2.05, 4.69) is 11.0 Å². The van der Waals surface area contributed by atoms with Crippen molar-refractivity contribution >= 4 is 0 Å². The molecule has 32 heavy (non-hydrogen) atoms. The fourth-order valence-electron chi connectivity index (χ4n) is 3.77. The molecule has 1 heterocycles. The first-order valence-electron chi connectivity index (χ1n) is 10.7. The van der Waals surface area contributed by atoms with E-state index in [1.165, 1.54) is 0 Å². The van der Waals surface area contributed by atoms with Crippen molar-refractivity contribution in [1.29, 1.82) is 0 Å². The molecule has 1 aliphatic heterocycles. The number of nitrogens with zero attached hydrogens (tertiary/aromatic N) is 1. The van der Waals surface area contributed by atoms with E-state index >= 15 is 0 Å². The van der Waals surface area contributed by atoms with Crippen LogP contribution in [0.3, 0.4) is 0 Å². The predicted molar refractivity (Wildman–Crippen MR) is 122 cm³/mol. The normalized spacial score (nSPS) is 13.2. The van der Waals surface area contributed by atoms with E-state index in [4.69, 9.17) is 18.9 Å². The molecule has 0 unspecified atom stereocenters. The Morgan fingerprint density at radius 1 is 0.938 bits per heavy atom. The number of hydrogen-bond donors (Lipinski definition) is 1. The van der Waals surface area contributed by atoms with E-state index < -0.39 is 6.10 Å². The minimum atomic E-state index is -0.644. The average molecular weight is 436 g/mol. The van der Waals surface area contributed by atoms with E-state index in [1.54, 1.807) is 7.11 Å². The molecule has 6 heteroatoms. The summed E-state index contributed by atoms with van der Waals surface area (Å²) in [6, 6.07) is 21.8. The van der Waals surface area contributed by atoms with Crippen LogP contribution in [-0.2, 0) is 13.1 Å². The summed E-state index contributed by atoms with van der Waals surface area (Å²) in [7, 11) is 1.66. The first kappa shape index (κ1) is 22.0. The van der Waals surface area contributed by atoms with Crippen LogP contribution in [0, 0.1) is 6.92 Å². The van der Waals surface area contributed by atoms with Gasteiger partial charge in [-0.2, -0.15) is 0 Å². The lowest BCUT2D eigenvalue weighted by Gasteiger charge is -2.26. The fraction of sp³-hybridized carbons (Fsp3) is 0.308. The quantitative estimate of drug-likeness (QED) is 0.516. The molecule has 3 aromatic rings. The lowest BCUT2D eigenvalue weighted by molar-refractivity contribution is 0.0626. The molecule has 0 saturated heterocycles. The summed E-state index contributed by atoms with van der Waals surface area (Å²) < 4.78 is 22.2. The summed E-state index contributed by atoms with van der Waals surface area (Å²) in [6.07, 6.45) is -0.644. The Kier molecular flexibility index (Phi) is 7.14. The lowest BCUT2D eigenvalue weighted by Crippen LogP contribution is -2.35. The van der Waals surface area contributed by atoms with Crippen LogP contribution in [0.1, 0.15) is 16.7 Å². The minimum absolute atomic E-state index is 0.223. The van der Waals surface area contributed by atoms with Gasteiger partial charge >= 0.3 is 0 Å². The number of aliphatic hydroxyl groups is 1. The first-order chi connectivity index (χ1) is 15.6. The second-order valence-electron chi connectivity index (χ2n) is 7.94. The van der Waals surface area contributed by atoms with Crippen molar-refractivity contribution in [3.63, 3.8) is 0 Å². The van der Waals surface area contributed by atoms with Crippen LogP contribution >= 0.6 is 0 Å². The number of methoxy groups -OCH3 is 1. The number of aliphatic hydroxyl groups excluding tert-OH is 1. The standard InChI is InChI=1S/C26H29NO5/c1-19-6-3-4-9-24(19)30-17-22(28)16-27(14-20-7-5-8-23(12-20)29-2)15-21-10-11-25-26(13-21)32-18-31-25/h3-13,22,28H,14-18H2,1-2H3/t22-/m0/s1. The van der Waals surface area contributed by atoms with Crippen LogP contribution in [0.5, 0.6) is 23.0 Å². The summed E-state index contributed by atoms with van der Waals surface area (Å²) in [4.78, 5) is 2.19. The first-order valence-corrected chi connectivity index (χ1v) is 10.7. The van der Waals surface area contributed by atoms with Crippen LogP contribution in [0.15, 0.2) is 66.7 Å². The third-order valence-electron chi connectivity index (χ3n) is 5.38. The Balaban J connectivity index is 1.45. The molecule has 3 aromatic carbocycles. The number of aryl methyl sites for hydroxylation is 1. The Hall–Kier alpha value is -3.22. The van der Waals surface area contributed by atoms with Gasteiger partial charge in [-0.15, -0.1) is 0 Å². The summed E-state index contributed by atoms with van der Waals surface area (Å²) in [5.74, 6) is 3.13. The number of ether oxygens (including phenoxy) is 4. The van der Waals surface area contributed by atoms with Crippen LogP contribution in [0.4, 0.5) is 0 Å². The number of rotatable bonds is 10. The molecule has 1 aliphatic rings. The summed E-state index contributed by atoms with van der Waals surface area (Å²) >= 11 is 0. The molecule has 0 amide bonds. The average Bonchev–Trinajstić information content (AvgIpc) is 3.26. The maximum Gasteiger partial charge on any atom is 0.231 e. The SMILES string of the molecule is COc1cccc(CN(Cc2ccc3c(c2)OCO3)C[C@H](O)COc2ccccc2C)c1. The van der Waals surface area contributed by atoms with Gasteiger partial charge in [-0.05, 0) is 53.9 Å². The van der Waals surface area contributed by atoms with Crippen molar-refractivity contribution in [2.45, 2.75) is 26.1 Å². The van der Waals surface area contributed by atoms with Gasteiger partial charge in [0.25, 0.3) is 0 Å². The molecule has 4 rings (SSSR count). The number of hydrogen-bond acceptors (Lipinski definition) is 6. The largest absolute Gasteiger partial charge is 0.497 e. The van der Waals surface area contributed by atoms with Crippen molar-refractivity contribution in [2.24, 2.45) is 0 Å². The van der Waals surface area contributed by atoms with Crippen molar-refractivity contribution in [3.8, 4) is 23.0 Å². The fourth-order valence-corrected chi connectivity index (χ4v) is 3.77.